The monoisotopic (exact) mass is 391 g/mol. The highest BCUT2D eigenvalue weighted by atomic mass is 35.5. The number of carbonyl (C=O) groups excluding carboxylic acids is 1. The van der Waals surface area contributed by atoms with Crippen LogP contribution in [0.3, 0.4) is 0 Å². The topological polar surface area (TPSA) is 63.2 Å². The van der Waals surface area contributed by atoms with Gasteiger partial charge in [-0.3, -0.25) is 4.79 Å². The van der Waals surface area contributed by atoms with Gasteiger partial charge in [0.05, 0.1) is 20.5 Å². The van der Waals surface area contributed by atoms with Crippen molar-refractivity contribution < 1.29 is 13.2 Å². The number of halogens is 1. The molecule has 0 saturated carbocycles. The molecule has 3 rings (SSSR count). The lowest BCUT2D eigenvalue weighted by atomic mass is 10.2. The summed E-state index contributed by atoms with van der Waals surface area (Å²) in [5.41, 5.74) is 1.47. The Kier molecular flexibility index (Phi) is 4.94. The number of benzene rings is 2. The third-order valence-corrected chi connectivity index (χ3v) is 7.15. The molecule has 0 radical (unpaired) electrons. The van der Waals surface area contributed by atoms with Crippen molar-refractivity contribution in [1.82, 2.24) is 0 Å². The molecule has 0 unspecified atom stereocenters. The van der Waals surface area contributed by atoms with Crippen molar-refractivity contribution in [3.63, 3.8) is 0 Å². The SMILES string of the molecule is Cc1ccc(NC(=O)c2ccc(S(=O)(=O)c3ccccc3)s2)c(Cl)c1. The Balaban J connectivity index is 1.85. The number of hydrogen-bond donors (Lipinski definition) is 1. The minimum Gasteiger partial charge on any atom is -0.320 e. The third-order valence-electron chi connectivity index (χ3n) is 3.50. The van der Waals surface area contributed by atoms with E-state index in [9.17, 15) is 13.2 Å². The molecule has 1 aromatic heterocycles. The van der Waals surface area contributed by atoms with E-state index in [1.54, 1.807) is 30.3 Å². The number of aryl methyl sites for hydroxylation is 1. The maximum absolute atomic E-state index is 12.6. The van der Waals surface area contributed by atoms with E-state index in [-0.39, 0.29) is 9.10 Å². The molecular weight excluding hydrogens is 378 g/mol. The second-order valence-electron chi connectivity index (χ2n) is 5.37. The van der Waals surface area contributed by atoms with Crippen LogP contribution in [0.2, 0.25) is 5.02 Å². The summed E-state index contributed by atoms with van der Waals surface area (Å²) in [6.07, 6.45) is 0. The number of nitrogens with one attached hydrogen (secondary N) is 1. The molecule has 0 saturated heterocycles. The Morgan fingerprint density at radius 3 is 2.44 bits per heavy atom. The molecule has 7 heteroatoms. The summed E-state index contributed by atoms with van der Waals surface area (Å²) in [5, 5.41) is 3.14. The molecule has 0 aliphatic carbocycles. The number of hydrogen-bond acceptors (Lipinski definition) is 4. The van der Waals surface area contributed by atoms with E-state index in [0.717, 1.165) is 16.9 Å². The lowest BCUT2D eigenvalue weighted by Crippen LogP contribution is -2.10. The Bertz CT molecular complexity index is 1030. The molecule has 0 bridgehead atoms. The fourth-order valence-corrected chi connectivity index (χ4v) is 5.11. The summed E-state index contributed by atoms with van der Waals surface area (Å²) in [5.74, 6) is -0.398. The number of sulfone groups is 1. The van der Waals surface area contributed by atoms with Crippen LogP contribution in [0.15, 0.2) is 69.8 Å². The summed E-state index contributed by atoms with van der Waals surface area (Å²) in [7, 11) is -3.63. The summed E-state index contributed by atoms with van der Waals surface area (Å²) in [6.45, 7) is 1.90. The summed E-state index contributed by atoms with van der Waals surface area (Å²) in [6, 6.07) is 16.4. The van der Waals surface area contributed by atoms with Crippen molar-refractivity contribution in [3.05, 3.63) is 76.1 Å². The molecule has 128 valence electrons. The quantitative estimate of drug-likeness (QED) is 0.695. The van der Waals surface area contributed by atoms with Gasteiger partial charge in [-0.05, 0) is 48.9 Å². The molecule has 1 heterocycles. The number of anilines is 1. The number of amides is 1. The van der Waals surface area contributed by atoms with Gasteiger partial charge in [0.15, 0.2) is 0 Å². The van der Waals surface area contributed by atoms with Crippen LogP contribution in [-0.2, 0) is 9.84 Å². The highest BCUT2D eigenvalue weighted by Crippen LogP contribution is 2.29. The van der Waals surface area contributed by atoms with Gasteiger partial charge in [0.2, 0.25) is 9.84 Å². The zero-order valence-corrected chi connectivity index (χ0v) is 15.6. The predicted molar refractivity (Wildman–Crippen MR) is 100 cm³/mol. The molecule has 25 heavy (non-hydrogen) atoms. The van der Waals surface area contributed by atoms with Crippen molar-refractivity contribution in [2.24, 2.45) is 0 Å². The first-order valence-electron chi connectivity index (χ1n) is 7.35. The first-order chi connectivity index (χ1) is 11.9. The largest absolute Gasteiger partial charge is 0.320 e. The van der Waals surface area contributed by atoms with Gasteiger partial charge in [-0.2, -0.15) is 0 Å². The average molecular weight is 392 g/mol. The van der Waals surface area contributed by atoms with Crippen LogP contribution >= 0.6 is 22.9 Å². The molecule has 0 aliphatic rings. The molecule has 2 aromatic carbocycles. The minimum atomic E-state index is -3.63. The highest BCUT2D eigenvalue weighted by Gasteiger charge is 2.21. The van der Waals surface area contributed by atoms with Gasteiger partial charge < -0.3 is 5.32 Å². The first kappa shape index (κ1) is 17.7. The van der Waals surface area contributed by atoms with Crippen LogP contribution in [0.25, 0.3) is 0 Å². The lowest BCUT2D eigenvalue weighted by molar-refractivity contribution is 0.103. The van der Waals surface area contributed by atoms with E-state index in [0.29, 0.717) is 15.6 Å². The maximum Gasteiger partial charge on any atom is 0.265 e. The zero-order chi connectivity index (χ0) is 18.0. The zero-order valence-electron chi connectivity index (χ0n) is 13.2. The Morgan fingerprint density at radius 1 is 1.04 bits per heavy atom. The molecule has 0 fully saturated rings. The van der Waals surface area contributed by atoms with E-state index < -0.39 is 15.7 Å². The normalized spacial score (nSPS) is 11.3. The second kappa shape index (κ2) is 7.00. The molecule has 4 nitrogen and oxygen atoms in total. The third kappa shape index (κ3) is 3.76. The fourth-order valence-electron chi connectivity index (χ4n) is 2.21. The summed E-state index contributed by atoms with van der Waals surface area (Å²) < 4.78 is 25.3. The second-order valence-corrected chi connectivity index (χ2v) is 9.04. The lowest BCUT2D eigenvalue weighted by Gasteiger charge is -2.06. The van der Waals surface area contributed by atoms with E-state index in [1.807, 2.05) is 13.0 Å². The average Bonchev–Trinajstić information content (AvgIpc) is 3.09. The fraction of sp³-hybridized carbons (Fsp3) is 0.0556. The smallest absolute Gasteiger partial charge is 0.265 e. The van der Waals surface area contributed by atoms with E-state index in [2.05, 4.69) is 5.32 Å². The van der Waals surface area contributed by atoms with Crippen molar-refractivity contribution in [2.75, 3.05) is 5.32 Å². The van der Waals surface area contributed by atoms with Crippen molar-refractivity contribution in [2.45, 2.75) is 16.0 Å². The standard InChI is InChI=1S/C18H14ClNO3S2/c1-12-7-8-15(14(19)11-12)20-18(21)16-9-10-17(24-16)25(22,23)13-5-3-2-4-6-13/h2-11H,1H3,(H,20,21). The maximum atomic E-state index is 12.6. The van der Waals surface area contributed by atoms with Gasteiger partial charge >= 0.3 is 0 Å². The van der Waals surface area contributed by atoms with Crippen LogP contribution in [0.4, 0.5) is 5.69 Å². The number of thiophene rings is 1. The van der Waals surface area contributed by atoms with Crippen LogP contribution in [-0.4, -0.2) is 14.3 Å². The van der Waals surface area contributed by atoms with Crippen molar-refractivity contribution in [3.8, 4) is 0 Å². The van der Waals surface area contributed by atoms with Gasteiger partial charge in [-0.1, -0.05) is 35.9 Å². The van der Waals surface area contributed by atoms with Crippen molar-refractivity contribution >= 4 is 44.4 Å². The number of carbonyl (C=O) groups is 1. The highest BCUT2D eigenvalue weighted by molar-refractivity contribution is 7.93. The minimum absolute atomic E-state index is 0.124. The van der Waals surface area contributed by atoms with Gasteiger partial charge in [0.25, 0.3) is 5.91 Å². The van der Waals surface area contributed by atoms with E-state index >= 15 is 0 Å². The van der Waals surface area contributed by atoms with Crippen LogP contribution in [0.5, 0.6) is 0 Å². The summed E-state index contributed by atoms with van der Waals surface area (Å²) >= 11 is 7.04. The molecule has 1 N–H and O–H groups in total. The van der Waals surface area contributed by atoms with Gasteiger partial charge in [0, 0.05) is 0 Å². The summed E-state index contributed by atoms with van der Waals surface area (Å²) in [4.78, 5) is 12.9. The Morgan fingerprint density at radius 2 is 1.76 bits per heavy atom. The van der Waals surface area contributed by atoms with Gasteiger partial charge in [0.1, 0.15) is 4.21 Å². The molecule has 1 amide bonds. The molecule has 0 atom stereocenters. The van der Waals surface area contributed by atoms with Crippen LogP contribution in [0.1, 0.15) is 15.2 Å². The molecule has 0 aliphatic heterocycles. The Labute approximate surface area is 155 Å². The molecular formula is C18H14ClNO3S2. The van der Waals surface area contributed by atoms with Crippen LogP contribution < -0.4 is 5.32 Å². The van der Waals surface area contributed by atoms with Gasteiger partial charge in [-0.15, -0.1) is 11.3 Å². The van der Waals surface area contributed by atoms with Crippen LogP contribution in [0, 0.1) is 6.92 Å². The van der Waals surface area contributed by atoms with Gasteiger partial charge in [-0.25, -0.2) is 8.42 Å². The van der Waals surface area contributed by atoms with E-state index in [1.165, 1.54) is 24.3 Å². The molecule has 0 spiro atoms. The Hall–Kier alpha value is -2.15. The molecule has 3 aromatic rings. The van der Waals surface area contributed by atoms with Crippen molar-refractivity contribution in [1.29, 1.82) is 0 Å². The number of rotatable bonds is 4. The van der Waals surface area contributed by atoms with E-state index in [4.69, 9.17) is 11.6 Å². The predicted octanol–water partition coefficient (Wildman–Crippen LogP) is 4.80. The first-order valence-corrected chi connectivity index (χ1v) is 10.0.